The summed E-state index contributed by atoms with van der Waals surface area (Å²) in [6.45, 7) is 3.62. The molecule has 2 aromatic carbocycles. The Balaban J connectivity index is 1.90. The molecule has 1 amide bonds. The first-order valence-electron chi connectivity index (χ1n) is 9.27. The number of carbonyl (C=O) groups is 1. The molecule has 3 aromatic rings. The highest BCUT2D eigenvalue weighted by Gasteiger charge is 2.21. The van der Waals surface area contributed by atoms with Gasteiger partial charge in [0.1, 0.15) is 5.75 Å². The molecule has 1 atom stereocenters. The molecule has 0 aliphatic heterocycles. The van der Waals surface area contributed by atoms with Crippen LogP contribution >= 0.6 is 0 Å². The Morgan fingerprint density at radius 3 is 2.67 bits per heavy atom. The van der Waals surface area contributed by atoms with Crippen LogP contribution in [0.4, 0.5) is 0 Å². The second kappa shape index (κ2) is 9.24. The number of fused-ring (bicyclic) bond motifs is 1. The Labute approximate surface area is 159 Å². The van der Waals surface area contributed by atoms with Gasteiger partial charge in [0.25, 0.3) is 0 Å². The number of benzene rings is 2. The molecule has 5 heteroatoms. The summed E-state index contributed by atoms with van der Waals surface area (Å²) in [4.78, 5) is 15.8. The zero-order chi connectivity index (χ0) is 19.1. The fourth-order valence-corrected chi connectivity index (χ4v) is 3.30. The predicted molar refractivity (Wildman–Crippen MR) is 107 cm³/mol. The van der Waals surface area contributed by atoms with Crippen LogP contribution in [0.15, 0.2) is 54.7 Å². The number of carbonyl (C=O) groups excluding carboxylic acids is 1. The molecule has 0 aliphatic carbocycles. The number of H-pyrrole nitrogens is 1. The molecule has 1 aromatic heterocycles. The van der Waals surface area contributed by atoms with Crippen molar-refractivity contribution in [3.05, 3.63) is 65.9 Å². The van der Waals surface area contributed by atoms with Crippen LogP contribution in [0, 0.1) is 0 Å². The minimum atomic E-state index is -0.0422. The van der Waals surface area contributed by atoms with Gasteiger partial charge in [0.15, 0.2) is 0 Å². The van der Waals surface area contributed by atoms with Gasteiger partial charge in [-0.25, -0.2) is 0 Å². The van der Waals surface area contributed by atoms with E-state index in [-0.39, 0.29) is 11.8 Å². The summed E-state index contributed by atoms with van der Waals surface area (Å²) in [7, 11) is 1.63. The molecule has 0 bridgehead atoms. The number of methoxy groups -OCH3 is 1. The van der Waals surface area contributed by atoms with Crippen molar-refractivity contribution in [2.75, 3.05) is 26.9 Å². The largest absolute Gasteiger partial charge is 0.494 e. The highest BCUT2D eigenvalue weighted by atomic mass is 16.5. The van der Waals surface area contributed by atoms with Crippen molar-refractivity contribution in [2.45, 2.75) is 19.3 Å². The van der Waals surface area contributed by atoms with Crippen LogP contribution < -0.4 is 10.1 Å². The van der Waals surface area contributed by atoms with Gasteiger partial charge in [0.2, 0.25) is 5.91 Å². The lowest BCUT2D eigenvalue weighted by atomic mass is 9.88. The average molecular weight is 366 g/mol. The monoisotopic (exact) mass is 366 g/mol. The summed E-state index contributed by atoms with van der Waals surface area (Å²) >= 11 is 0. The fraction of sp³-hybridized carbons (Fsp3) is 0.318. The minimum absolute atomic E-state index is 0.0104. The summed E-state index contributed by atoms with van der Waals surface area (Å²) in [5, 5.41) is 4.07. The van der Waals surface area contributed by atoms with Crippen molar-refractivity contribution in [1.82, 2.24) is 10.3 Å². The first-order valence-corrected chi connectivity index (χ1v) is 9.27. The Morgan fingerprint density at radius 2 is 1.93 bits per heavy atom. The van der Waals surface area contributed by atoms with Gasteiger partial charge in [-0.05, 0) is 36.2 Å². The van der Waals surface area contributed by atoms with E-state index in [0.717, 1.165) is 27.8 Å². The van der Waals surface area contributed by atoms with Crippen molar-refractivity contribution in [3.63, 3.8) is 0 Å². The van der Waals surface area contributed by atoms with Crippen molar-refractivity contribution >= 4 is 16.8 Å². The number of rotatable bonds is 9. The summed E-state index contributed by atoms with van der Waals surface area (Å²) in [5.41, 5.74) is 3.28. The number of para-hydroxylation sites is 1. The number of hydrogen-bond acceptors (Lipinski definition) is 3. The molecule has 0 saturated carbocycles. The van der Waals surface area contributed by atoms with E-state index in [1.807, 2.05) is 55.6 Å². The summed E-state index contributed by atoms with van der Waals surface area (Å²) < 4.78 is 10.6. The van der Waals surface area contributed by atoms with Crippen LogP contribution in [0.3, 0.4) is 0 Å². The zero-order valence-corrected chi connectivity index (χ0v) is 15.8. The van der Waals surface area contributed by atoms with Crippen LogP contribution in [-0.4, -0.2) is 37.8 Å². The lowest BCUT2D eigenvalue weighted by Crippen LogP contribution is -2.28. The van der Waals surface area contributed by atoms with E-state index in [9.17, 15) is 4.79 Å². The Morgan fingerprint density at radius 1 is 1.15 bits per heavy atom. The lowest BCUT2D eigenvalue weighted by Gasteiger charge is -2.18. The second-order valence-electron chi connectivity index (χ2n) is 6.39. The maximum absolute atomic E-state index is 12.5. The predicted octanol–water partition coefficient (Wildman–Crippen LogP) is 3.85. The molecule has 1 heterocycles. The average Bonchev–Trinajstić information content (AvgIpc) is 3.11. The second-order valence-corrected chi connectivity index (χ2v) is 6.39. The molecule has 5 nitrogen and oxygen atoms in total. The summed E-state index contributed by atoms with van der Waals surface area (Å²) in [5.74, 6) is 0.805. The highest BCUT2D eigenvalue weighted by Crippen LogP contribution is 2.34. The molecule has 0 fully saturated rings. The molecule has 0 aliphatic rings. The molecule has 0 radical (unpaired) electrons. The molecule has 142 valence electrons. The number of amides is 1. The van der Waals surface area contributed by atoms with Crippen molar-refractivity contribution in [2.24, 2.45) is 0 Å². The van der Waals surface area contributed by atoms with Gasteiger partial charge in [-0.2, -0.15) is 0 Å². The van der Waals surface area contributed by atoms with E-state index in [4.69, 9.17) is 9.47 Å². The van der Waals surface area contributed by atoms with Crippen molar-refractivity contribution < 1.29 is 14.3 Å². The topological polar surface area (TPSA) is 63.4 Å². The quantitative estimate of drug-likeness (QED) is 0.566. The first kappa shape index (κ1) is 19.0. The van der Waals surface area contributed by atoms with E-state index in [2.05, 4.69) is 16.4 Å². The van der Waals surface area contributed by atoms with E-state index in [0.29, 0.717) is 26.2 Å². The Bertz CT molecular complexity index is 871. The van der Waals surface area contributed by atoms with Crippen LogP contribution in [-0.2, 0) is 9.53 Å². The SMILES string of the molecule is CCOc1ccc(C(CC(=O)NCCOC)c2c[nH]c3ccccc23)cc1. The van der Waals surface area contributed by atoms with Crippen LogP contribution in [0.2, 0.25) is 0 Å². The Hall–Kier alpha value is -2.79. The van der Waals surface area contributed by atoms with Crippen LogP contribution in [0.25, 0.3) is 10.9 Å². The maximum atomic E-state index is 12.5. The number of aromatic nitrogens is 1. The minimum Gasteiger partial charge on any atom is -0.494 e. The maximum Gasteiger partial charge on any atom is 0.221 e. The summed E-state index contributed by atoms with van der Waals surface area (Å²) in [6.07, 6.45) is 2.38. The number of aromatic amines is 1. The third-order valence-corrected chi connectivity index (χ3v) is 4.61. The fourth-order valence-electron chi connectivity index (χ4n) is 3.30. The molecule has 3 rings (SSSR count). The molecule has 0 saturated heterocycles. The standard InChI is InChI=1S/C22H26N2O3/c1-3-27-17-10-8-16(9-11-17)19(14-22(25)23-12-13-26-2)20-15-24-21-7-5-4-6-18(20)21/h4-11,15,19,24H,3,12-14H2,1-2H3,(H,23,25). The van der Waals surface area contributed by atoms with Gasteiger partial charge < -0.3 is 19.8 Å². The van der Waals surface area contributed by atoms with Gasteiger partial charge >= 0.3 is 0 Å². The summed E-state index contributed by atoms with van der Waals surface area (Å²) in [6, 6.07) is 16.2. The van der Waals surface area contributed by atoms with Gasteiger partial charge in [0, 0.05) is 43.1 Å². The molecular weight excluding hydrogens is 340 g/mol. The van der Waals surface area contributed by atoms with E-state index >= 15 is 0 Å². The van der Waals surface area contributed by atoms with E-state index < -0.39 is 0 Å². The first-order chi connectivity index (χ1) is 13.2. The van der Waals surface area contributed by atoms with Crippen molar-refractivity contribution in [3.8, 4) is 5.75 Å². The Kier molecular flexibility index (Phi) is 6.49. The molecular formula is C22H26N2O3. The lowest BCUT2D eigenvalue weighted by molar-refractivity contribution is -0.121. The number of ether oxygens (including phenoxy) is 2. The third kappa shape index (κ3) is 4.68. The van der Waals surface area contributed by atoms with Gasteiger partial charge in [0.05, 0.1) is 13.2 Å². The number of hydrogen-bond donors (Lipinski definition) is 2. The normalized spacial score (nSPS) is 12.1. The zero-order valence-electron chi connectivity index (χ0n) is 15.8. The molecule has 0 spiro atoms. The number of nitrogens with one attached hydrogen (secondary N) is 2. The van der Waals surface area contributed by atoms with Gasteiger partial charge in [-0.3, -0.25) is 4.79 Å². The van der Waals surface area contributed by atoms with E-state index in [1.165, 1.54) is 0 Å². The van der Waals surface area contributed by atoms with E-state index in [1.54, 1.807) is 7.11 Å². The van der Waals surface area contributed by atoms with Crippen LogP contribution in [0.5, 0.6) is 5.75 Å². The molecule has 27 heavy (non-hydrogen) atoms. The highest BCUT2D eigenvalue weighted by molar-refractivity contribution is 5.86. The third-order valence-electron chi connectivity index (χ3n) is 4.61. The molecule has 2 N–H and O–H groups in total. The van der Waals surface area contributed by atoms with Crippen LogP contribution in [0.1, 0.15) is 30.4 Å². The molecule has 1 unspecified atom stereocenters. The van der Waals surface area contributed by atoms with Gasteiger partial charge in [-0.1, -0.05) is 30.3 Å². The van der Waals surface area contributed by atoms with Crippen molar-refractivity contribution in [1.29, 1.82) is 0 Å². The van der Waals surface area contributed by atoms with Gasteiger partial charge in [-0.15, -0.1) is 0 Å². The smallest absolute Gasteiger partial charge is 0.221 e.